The Hall–Kier alpha value is -1.36. The van der Waals surface area contributed by atoms with Crippen molar-refractivity contribution in [1.29, 1.82) is 0 Å². The first kappa shape index (κ1) is 25.6. The Kier molecular flexibility index (Phi) is 5.61. The van der Waals surface area contributed by atoms with Gasteiger partial charge in [0.15, 0.2) is 0 Å². The molecular weight excluding hydrogens is 492 g/mol. The van der Waals surface area contributed by atoms with Crippen LogP contribution in [0.5, 0.6) is 0 Å². The van der Waals surface area contributed by atoms with Gasteiger partial charge in [0.25, 0.3) is 0 Å². The van der Waals surface area contributed by atoms with Crippen LogP contribution in [0.4, 0.5) is 0 Å². The van der Waals surface area contributed by atoms with Crippen molar-refractivity contribution in [2.24, 2.45) is 34.5 Å². The lowest BCUT2D eigenvalue weighted by molar-refractivity contribution is -0.457. The van der Waals surface area contributed by atoms with E-state index in [2.05, 4.69) is 6.92 Å². The molecule has 210 valence electrons. The van der Waals surface area contributed by atoms with Crippen LogP contribution in [0.2, 0.25) is 0 Å². The topological polar surface area (TPSA) is 132 Å². The number of carbonyl (C=O) groups is 2. The van der Waals surface area contributed by atoms with E-state index in [4.69, 9.17) is 18.9 Å². The molecule has 3 aliphatic heterocycles. The average Bonchev–Trinajstić information content (AvgIpc) is 3.42. The van der Waals surface area contributed by atoms with Crippen molar-refractivity contribution in [2.75, 3.05) is 6.61 Å². The summed E-state index contributed by atoms with van der Waals surface area (Å²) in [5.41, 5.74) is -0.940. The van der Waals surface area contributed by atoms with Crippen molar-refractivity contribution in [2.45, 2.75) is 114 Å². The van der Waals surface area contributed by atoms with Crippen LogP contribution in [-0.2, 0) is 28.5 Å². The van der Waals surface area contributed by atoms with Gasteiger partial charge in [0.05, 0.1) is 23.9 Å². The maximum absolute atomic E-state index is 13.1. The van der Waals surface area contributed by atoms with Gasteiger partial charge in [-0.1, -0.05) is 6.92 Å². The van der Waals surface area contributed by atoms with Gasteiger partial charge in [-0.3, -0.25) is 0 Å². The number of hydrogen-bond donors (Lipinski definition) is 3. The normalized spacial score (nSPS) is 57.4. The second-order valence-corrected chi connectivity index (χ2v) is 13.6. The van der Waals surface area contributed by atoms with Gasteiger partial charge in [-0.2, -0.15) is 0 Å². The van der Waals surface area contributed by atoms with Crippen molar-refractivity contribution in [1.82, 2.24) is 0 Å². The van der Waals surface area contributed by atoms with Gasteiger partial charge in [-0.25, -0.2) is 4.79 Å². The fourth-order valence-corrected chi connectivity index (χ4v) is 10.2. The summed E-state index contributed by atoms with van der Waals surface area (Å²) in [4.78, 5) is 24.9. The number of ether oxygens (including phenoxy) is 4. The van der Waals surface area contributed by atoms with Gasteiger partial charge in [0, 0.05) is 23.3 Å². The van der Waals surface area contributed by atoms with Crippen LogP contribution in [0.15, 0.2) is 11.6 Å². The van der Waals surface area contributed by atoms with Gasteiger partial charge >= 0.3 is 5.97 Å². The SMILES string of the molecule is CC1CC(O)C2(O)OC3CC4CCC5C(CCC6(C)C(C7=CC(=O)OC7)CCC56O)C4(C=O)CC3OC2O1. The number of esters is 1. The van der Waals surface area contributed by atoms with Crippen LogP contribution in [0.1, 0.15) is 71.6 Å². The van der Waals surface area contributed by atoms with E-state index in [0.717, 1.165) is 44.0 Å². The minimum atomic E-state index is -1.91. The second-order valence-electron chi connectivity index (χ2n) is 13.6. The van der Waals surface area contributed by atoms with Crippen molar-refractivity contribution < 1.29 is 43.9 Å². The second kappa shape index (κ2) is 8.33. The number of carbonyl (C=O) groups excluding carboxylic acids is 2. The van der Waals surface area contributed by atoms with E-state index in [1.807, 2.05) is 6.92 Å². The van der Waals surface area contributed by atoms with Gasteiger partial charge in [0.1, 0.15) is 19.0 Å². The summed E-state index contributed by atoms with van der Waals surface area (Å²) in [5.74, 6) is -2.04. The molecule has 38 heavy (non-hydrogen) atoms. The van der Waals surface area contributed by atoms with E-state index in [-0.39, 0.29) is 47.6 Å². The van der Waals surface area contributed by atoms with Crippen molar-refractivity contribution >= 4 is 12.3 Å². The number of hydrogen-bond acceptors (Lipinski definition) is 9. The third-order valence-electron chi connectivity index (χ3n) is 12.1. The largest absolute Gasteiger partial charge is 0.458 e. The van der Waals surface area contributed by atoms with Crippen LogP contribution in [0.25, 0.3) is 0 Å². The fourth-order valence-electron chi connectivity index (χ4n) is 10.2. The Balaban J connectivity index is 1.18. The molecule has 0 aromatic carbocycles. The Labute approximate surface area is 222 Å². The van der Waals surface area contributed by atoms with Crippen molar-refractivity contribution in [3.8, 4) is 0 Å². The molecule has 0 bridgehead atoms. The summed E-state index contributed by atoms with van der Waals surface area (Å²) in [6, 6.07) is 0. The highest BCUT2D eigenvalue weighted by atomic mass is 16.8. The molecule has 3 N–H and O–H groups in total. The van der Waals surface area contributed by atoms with Crippen LogP contribution in [0.3, 0.4) is 0 Å². The smallest absolute Gasteiger partial charge is 0.331 e. The first-order chi connectivity index (χ1) is 18.0. The van der Waals surface area contributed by atoms with Crippen molar-refractivity contribution in [3.63, 3.8) is 0 Å². The lowest BCUT2D eigenvalue weighted by Gasteiger charge is -2.64. The molecule has 0 radical (unpaired) electrons. The zero-order chi connectivity index (χ0) is 26.7. The van der Waals surface area contributed by atoms with Crippen LogP contribution in [-0.4, -0.2) is 76.3 Å². The summed E-state index contributed by atoms with van der Waals surface area (Å²) in [7, 11) is 0. The lowest BCUT2D eigenvalue weighted by Crippen LogP contribution is -2.71. The highest BCUT2D eigenvalue weighted by Gasteiger charge is 2.70. The van der Waals surface area contributed by atoms with E-state index in [1.165, 1.54) is 0 Å². The molecule has 0 aromatic rings. The summed E-state index contributed by atoms with van der Waals surface area (Å²) in [6.45, 7) is 4.31. The van der Waals surface area contributed by atoms with E-state index >= 15 is 0 Å². The minimum absolute atomic E-state index is 0.0166. The highest BCUT2D eigenvalue weighted by molar-refractivity contribution is 5.85. The molecule has 13 atom stereocenters. The minimum Gasteiger partial charge on any atom is -0.458 e. The van der Waals surface area contributed by atoms with Gasteiger partial charge in [-0.05, 0) is 87.5 Å². The maximum atomic E-state index is 13.1. The molecule has 7 aliphatic rings. The fraction of sp³-hybridized carbons (Fsp3) is 0.862. The molecule has 9 nitrogen and oxygen atoms in total. The Morgan fingerprint density at radius 1 is 1.03 bits per heavy atom. The van der Waals surface area contributed by atoms with Crippen LogP contribution in [0, 0.1) is 34.5 Å². The number of rotatable bonds is 2. The number of cyclic esters (lactones) is 1. The number of fused-ring (bicyclic) bond motifs is 7. The monoisotopic (exact) mass is 532 g/mol. The van der Waals surface area contributed by atoms with E-state index in [0.29, 0.717) is 25.9 Å². The number of aliphatic hydroxyl groups is 3. The maximum Gasteiger partial charge on any atom is 0.331 e. The molecule has 0 aromatic heterocycles. The third-order valence-corrected chi connectivity index (χ3v) is 12.1. The van der Waals surface area contributed by atoms with E-state index < -0.39 is 41.4 Å². The zero-order valence-corrected chi connectivity index (χ0v) is 22.2. The molecule has 2 saturated heterocycles. The molecule has 0 amide bonds. The standard InChI is InChI=1S/C29H40O9/c1-15-9-23(31)29(34)25(36-15)37-22-12-27(14-30)17(11-21(22)38-29)3-4-20-19(27)5-7-26(2)18(6-8-28(20,26)33)16-10-24(32)35-13-16/h10,14-15,17-23,25,31,33-34H,3-9,11-13H2,1-2H3. The molecule has 3 heterocycles. The Morgan fingerprint density at radius 2 is 1.84 bits per heavy atom. The van der Waals surface area contributed by atoms with Gasteiger partial charge < -0.3 is 39.1 Å². The molecule has 6 fully saturated rings. The quantitative estimate of drug-likeness (QED) is 0.278. The summed E-state index contributed by atoms with van der Waals surface area (Å²) in [6.07, 6.45) is 5.35. The average molecular weight is 533 g/mol. The molecule has 9 heteroatoms. The van der Waals surface area contributed by atoms with E-state index in [9.17, 15) is 24.9 Å². The number of aldehydes is 1. The summed E-state index contributed by atoms with van der Waals surface area (Å²) < 4.78 is 23.5. The van der Waals surface area contributed by atoms with E-state index in [1.54, 1.807) is 6.08 Å². The van der Waals surface area contributed by atoms with Crippen molar-refractivity contribution in [3.05, 3.63) is 11.6 Å². The summed E-state index contributed by atoms with van der Waals surface area (Å²) in [5, 5.41) is 34.2. The van der Waals surface area contributed by atoms with Crippen LogP contribution < -0.4 is 0 Å². The molecule has 4 saturated carbocycles. The number of aliphatic hydroxyl groups excluding tert-OH is 1. The molecule has 13 unspecified atom stereocenters. The molecule has 0 spiro atoms. The Morgan fingerprint density at radius 3 is 2.58 bits per heavy atom. The zero-order valence-electron chi connectivity index (χ0n) is 22.2. The first-order valence-electron chi connectivity index (χ1n) is 14.5. The third kappa shape index (κ3) is 3.20. The van der Waals surface area contributed by atoms with Gasteiger partial charge in [0.2, 0.25) is 12.1 Å². The van der Waals surface area contributed by atoms with Crippen LogP contribution >= 0.6 is 0 Å². The van der Waals surface area contributed by atoms with Gasteiger partial charge in [-0.15, -0.1) is 0 Å². The highest BCUT2D eigenvalue weighted by Crippen LogP contribution is 2.70. The summed E-state index contributed by atoms with van der Waals surface area (Å²) >= 11 is 0. The lowest BCUT2D eigenvalue weighted by atomic mass is 9.42. The predicted octanol–water partition coefficient (Wildman–Crippen LogP) is 2.00. The predicted molar refractivity (Wildman–Crippen MR) is 131 cm³/mol. The Bertz CT molecular complexity index is 1060. The molecule has 4 aliphatic carbocycles. The molecular formula is C29H40O9. The molecule has 7 rings (SSSR count). The first-order valence-corrected chi connectivity index (χ1v) is 14.5.